The molecule has 1 N–H and O–H groups in total. The Morgan fingerprint density at radius 2 is 1.83 bits per heavy atom. The molecule has 1 aromatic heterocycles. The Kier molecular flexibility index (Phi) is 5.42. The van der Waals surface area contributed by atoms with E-state index >= 15 is 0 Å². The summed E-state index contributed by atoms with van der Waals surface area (Å²) < 4.78 is 5.59. The maximum Gasteiger partial charge on any atom is 0.105 e. The average molecular weight is 252 g/mol. The number of hydrogen-bond donors (Lipinski definition) is 1. The molecule has 0 amide bonds. The van der Waals surface area contributed by atoms with E-state index in [0.717, 1.165) is 18.1 Å². The van der Waals surface area contributed by atoms with Crippen molar-refractivity contribution in [2.45, 2.75) is 46.7 Å². The molecule has 0 aliphatic rings. The van der Waals surface area contributed by atoms with E-state index in [0.29, 0.717) is 18.0 Å². The minimum absolute atomic E-state index is 0.337. The molecule has 104 valence electrons. The van der Waals surface area contributed by atoms with E-state index in [1.54, 1.807) is 0 Å². The third kappa shape index (κ3) is 3.85. The third-order valence-electron chi connectivity index (χ3n) is 3.61. The van der Waals surface area contributed by atoms with Crippen molar-refractivity contribution in [2.75, 3.05) is 20.6 Å². The molecule has 0 aliphatic heterocycles. The van der Waals surface area contributed by atoms with Crippen molar-refractivity contribution in [3.63, 3.8) is 0 Å². The Hall–Kier alpha value is -0.800. The minimum atomic E-state index is 0.337. The largest absolute Gasteiger partial charge is 0.466 e. The van der Waals surface area contributed by atoms with Crippen LogP contribution in [0.1, 0.15) is 43.9 Å². The fourth-order valence-electron chi connectivity index (χ4n) is 2.50. The molecule has 0 spiro atoms. The molecule has 1 rings (SSSR count). The number of aryl methyl sites for hydroxylation is 2. The number of furan rings is 1. The molecule has 0 aromatic carbocycles. The highest BCUT2D eigenvalue weighted by Crippen LogP contribution is 2.21. The van der Waals surface area contributed by atoms with Gasteiger partial charge in [-0.25, -0.2) is 0 Å². The van der Waals surface area contributed by atoms with Gasteiger partial charge in [0.05, 0.1) is 0 Å². The smallest absolute Gasteiger partial charge is 0.105 e. The lowest BCUT2D eigenvalue weighted by atomic mass is 10.0. The Balaban J connectivity index is 2.60. The second kappa shape index (κ2) is 6.39. The Bertz CT molecular complexity index is 361. The molecule has 0 radical (unpaired) electrons. The molecule has 18 heavy (non-hydrogen) atoms. The zero-order valence-corrected chi connectivity index (χ0v) is 12.9. The lowest BCUT2D eigenvalue weighted by Gasteiger charge is -2.29. The molecule has 0 aliphatic carbocycles. The maximum absolute atomic E-state index is 5.59. The van der Waals surface area contributed by atoms with Gasteiger partial charge in [-0.3, -0.25) is 0 Å². The van der Waals surface area contributed by atoms with Crippen LogP contribution in [0.5, 0.6) is 0 Å². The zero-order valence-electron chi connectivity index (χ0n) is 12.9. The fourth-order valence-corrected chi connectivity index (χ4v) is 2.50. The van der Waals surface area contributed by atoms with Gasteiger partial charge < -0.3 is 14.6 Å². The van der Waals surface area contributed by atoms with Gasteiger partial charge in [0.15, 0.2) is 0 Å². The molecule has 2 atom stereocenters. The van der Waals surface area contributed by atoms with Crippen LogP contribution in [0.15, 0.2) is 10.5 Å². The molecule has 0 bridgehead atoms. The van der Waals surface area contributed by atoms with E-state index in [-0.39, 0.29) is 0 Å². The number of likely N-dealkylation sites (N-methyl/N-ethyl adjacent to an activating group) is 1. The molecule has 1 aromatic rings. The Labute approximate surface area is 112 Å². The summed E-state index contributed by atoms with van der Waals surface area (Å²) in [4.78, 5) is 2.29. The molecule has 3 nitrogen and oxygen atoms in total. The van der Waals surface area contributed by atoms with Crippen LogP contribution in [0.4, 0.5) is 0 Å². The number of hydrogen-bond acceptors (Lipinski definition) is 3. The van der Waals surface area contributed by atoms with Gasteiger partial charge in [-0.15, -0.1) is 0 Å². The van der Waals surface area contributed by atoms with Gasteiger partial charge in [0.2, 0.25) is 0 Å². The Morgan fingerprint density at radius 1 is 1.22 bits per heavy atom. The standard InChI is InChI=1S/C15H28N2O/c1-10(2)15(17(6)7)9-16-12(4)14-8-11(3)18-13(14)5/h8,10,12,15-16H,9H2,1-7H3. The molecule has 3 heteroatoms. The van der Waals surface area contributed by atoms with Crippen LogP contribution in [0, 0.1) is 19.8 Å². The highest BCUT2D eigenvalue weighted by molar-refractivity contribution is 5.23. The lowest BCUT2D eigenvalue weighted by Crippen LogP contribution is -2.42. The first-order chi connectivity index (χ1) is 8.32. The second-order valence-electron chi connectivity index (χ2n) is 5.77. The van der Waals surface area contributed by atoms with Crippen molar-refractivity contribution < 1.29 is 4.42 Å². The normalized spacial score (nSPS) is 15.4. The first-order valence-corrected chi connectivity index (χ1v) is 6.79. The van der Waals surface area contributed by atoms with Gasteiger partial charge in [-0.1, -0.05) is 13.8 Å². The van der Waals surface area contributed by atoms with Crippen molar-refractivity contribution in [3.8, 4) is 0 Å². The SMILES string of the molecule is Cc1cc(C(C)NCC(C(C)C)N(C)C)c(C)o1. The maximum atomic E-state index is 5.59. The zero-order chi connectivity index (χ0) is 13.9. The van der Waals surface area contributed by atoms with E-state index in [9.17, 15) is 0 Å². The quantitative estimate of drug-likeness (QED) is 0.843. The van der Waals surface area contributed by atoms with Crippen LogP contribution in [0.25, 0.3) is 0 Å². The van der Waals surface area contributed by atoms with Gasteiger partial charge in [0.25, 0.3) is 0 Å². The van der Waals surface area contributed by atoms with E-state index in [2.05, 4.69) is 51.1 Å². The third-order valence-corrected chi connectivity index (χ3v) is 3.61. The minimum Gasteiger partial charge on any atom is -0.466 e. The first-order valence-electron chi connectivity index (χ1n) is 6.79. The van der Waals surface area contributed by atoms with Crippen LogP contribution >= 0.6 is 0 Å². The monoisotopic (exact) mass is 252 g/mol. The highest BCUT2D eigenvalue weighted by atomic mass is 16.3. The topological polar surface area (TPSA) is 28.4 Å². The number of rotatable bonds is 6. The lowest BCUT2D eigenvalue weighted by molar-refractivity contribution is 0.219. The van der Waals surface area contributed by atoms with Crippen LogP contribution in [0.2, 0.25) is 0 Å². The van der Waals surface area contributed by atoms with Crippen LogP contribution in [-0.2, 0) is 0 Å². The van der Waals surface area contributed by atoms with Gasteiger partial charge in [-0.2, -0.15) is 0 Å². The molecule has 0 saturated carbocycles. The summed E-state index contributed by atoms with van der Waals surface area (Å²) in [5.41, 5.74) is 1.27. The van der Waals surface area contributed by atoms with Crippen LogP contribution in [0.3, 0.4) is 0 Å². The fraction of sp³-hybridized carbons (Fsp3) is 0.733. The molecular formula is C15H28N2O. The van der Waals surface area contributed by atoms with Crippen molar-refractivity contribution >= 4 is 0 Å². The Morgan fingerprint density at radius 3 is 2.22 bits per heavy atom. The predicted octanol–water partition coefficient (Wildman–Crippen LogP) is 3.13. The van der Waals surface area contributed by atoms with E-state index < -0.39 is 0 Å². The van der Waals surface area contributed by atoms with Crippen LogP contribution < -0.4 is 5.32 Å². The average Bonchev–Trinajstić information content (AvgIpc) is 2.56. The molecular weight excluding hydrogens is 224 g/mol. The summed E-state index contributed by atoms with van der Waals surface area (Å²) in [5, 5.41) is 3.61. The summed E-state index contributed by atoms with van der Waals surface area (Å²) in [6.07, 6.45) is 0. The van der Waals surface area contributed by atoms with E-state index in [1.807, 2.05) is 13.8 Å². The summed E-state index contributed by atoms with van der Waals surface area (Å²) >= 11 is 0. The molecule has 2 unspecified atom stereocenters. The van der Waals surface area contributed by atoms with Crippen molar-refractivity contribution in [1.82, 2.24) is 10.2 Å². The summed E-state index contributed by atoms with van der Waals surface area (Å²) in [5.74, 6) is 2.66. The summed E-state index contributed by atoms with van der Waals surface area (Å²) in [6.45, 7) is 11.8. The highest BCUT2D eigenvalue weighted by Gasteiger charge is 2.18. The van der Waals surface area contributed by atoms with Gasteiger partial charge in [0.1, 0.15) is 11.5 Å². The second-order valence-corrected chi connectivity index (χ2v) is 5.77. The molecule has 0 fully saturated rings. The van der Waals surface area contributed by atoms with E-state index in [1.165, 1.54) is 5.56 Å². The van der Waals surface area contributed by atoms with Gasteiger partial charge >= 0.3 is 0 Å². The number of nitrogens with one attached hydrogen (secondary N) is 1. The van der Waals surface area contributed by atoms with Crippen molar-refractivity contribution in [3.05, 3.63) is 23.2 Å². The van der Waals surface area contributed by atoms with Crippen molar-refractivity contribution in [1.29, 1.82) is 0 Å². The van der Waals surface area contributed by atoms with E-state index in [4.69, 9.17) is 4.42 Å². The van der Waals surface area contributed by atoms with Gasteiger partial charge in [-0.05, 0) is 46.9 Å². The van der Waals surface area contributed by atoms with Crippen LogP contribution in [-0.4, -0.2) is 31.6 Å². The summed E-state index contributed by atoms with van der Waals surface area (Å²) in [7, 11) is 4.29. The molecule has 0 saturated heterocycles. The number of nitrogens with zero attached hydrogens (tertiary/aromatic N) is 1. The summed E-state index contributed by atoms with van der Waals surface area (Å²) in [6, 6.07) is 3.02. The van der Waals surface area contributed by atoms with Crippen molar-refractivity contribution in [2.24, 2.45) is 5.92 Å². The molecule has 1 heterocycles. The first kappa shape index (κ1) is 15.3. The van der Waals surface area contributed by atoms with Gasteiger partial charge in [0, 0.05) is 24.2 Å². The predicted molar refractivity (Wildman–Crippen MR) is 76.9 cm³/mol.